The highest BCUT2D eigenvalue weighted by molar-refractivity contribution is 7.91. The predicted octanol–water partition coefficient (Wildman–Crippen LogP) is 2.25. The fourth-order valence-corrected chi connectivity index (χ4v) is 2.34. The molecule has 1 aromatic carbocycles. The summed E-state index contributed by atoms with van der Waals surface area (Å²) in [6.45, 7) is 7.85. The highest BCUT2D eigenvalue weighted by atomic mass is 32.2. The molecule has 0 aliphatic heterocycles. The molecule has 0 radical (unpaired) electrons. The van der Waals surface area contributed by atoms with Gasteiger partial charge in [0, 0.05) is 17.9 Å². The Bertz CT molecular complexity index is 498. The van der Waals surface area contributed by atoms with Gasteiger partial charge in [0.25, 0.3) is 0 Å². The molecular weight excluding hydrogens is 274 g/mol. The quantitative estimate of drug-likeness (QED) is 0.760. The third kappa shape index (κ3) is 6.39. The van der Waals surface area contributed by atoms with Gasteiger partial charge in [-0.15, -0.1) is 0 Å². The number of sulfone groups is 1. The lowest BCUT2D eigenvalue weighted by Gasteiger charge is -2.13. The standard InChI is InChI=1S/C15H25NO3S/c1-4-20(17,18)10-9-19-15-8-6-5-7-14(15)12-16-11-13(2)3/h5-8,13,16H,4,9-12H2,1-3H3. The van der Waals surface area contributed by atoms with E-state index in [1.54, 1.807) is 6.92 Å². The molecule has 1 rings (SSSR count). The van der Waals surface area contributed by atoms with Crippen molar-refractivity contribution < 1.29 is 13.2 Å². The van der Waals surface area contributed by atoms with E-state index in [1.807, 2.05) is 24.3 Å². The normalized spacial score (nSPS) is 11.8. The maximum Gasteiger partial charge on any atom is 0.153 e. The van der Waals surface area contributed by atoms with Crippen molar-refractivity contribution in [2.75, 3.05) is 24.7 Å². The lowest BCUT2D eigenvalue weighted by atomic mass is 10.2. The van der Waals surface area contributed by atoms with Gasteiger partial charge in [0.2, 0.25) is 0 Å². The fraction of sp³-hybridized carbons (Fsp3) is 0.600. The van der Waals surface area contributed by atoms with Gasteiger partial charge in [-0.05, 0) is 18.5 Å². The molecule has 1 aromatic rings. The van der Waals surface area contributed by atoms with Crippen LogP contribution in [-0.2, 0) is 16.4 Å². The van der Waals surface area contributed by atoms with Gasteiger partial charge in [0.1, 0.15) is 12.4 Å². The molecule has 0 saturated heterocycles. The van der Waals surface area contributed by atoms with Crippen LogP contribution in [0, 0.1) is 5.92 Å². The molecule has 0 fully saturated rings. The minimum Gasteiger partial charge on any atom is -0.492 e. The maximum atomic E-state index is 11.4. The molecule has 4 nitrogen and oxygen atoms in total. The van der Waals surface area contributed by atoms with Crippen molar-refractivity contribution in [2.24, 2.45) is 5.92 Å². The molecular formula is C15H25NO3S. The van der Waals surface area contributed by atoms with Gasteiger partial charge in [-0.25, -0.2) is 8.42 Å². The van der Waals surface area contributed by atoms with Crippen LogP contribution in [0.2, 0.25) is 0 Å². The summed E-state index contributed by atoms with van der Waals surface area (Å²) in [5.41, 5.74) is 1.06. The van der Waals surface area contributed by atoms with E-state index in [0.717, 1.165) is 24.4 Å². The molecule has 1 N–H and O–H groups in total. The number of nitrogens with one attached hydrogen (secondary N) is 1. The highest BCUT2D eigenvalue weighted by Gasteiger charge is 2.09. The zero-order valence-corrected chi connectivity index (χ0v) is 13.4. The summed E-state index contributed by atoms with van der Waals surface area (Å²) in [6, 6.07) is 7.74. The number of hydrogen-bond acceptors (Lipinski definition) is 4. The number of rotatable bonds is 9. The third-order valence-corrected chi connectivity index (χ3v) is 4.60. The summed E-state index contributed by atoms with van der Waals surface area (Å²) < 4.78 is 28.5. The average molecular weight is 299 g/mol. The summed E-state index contributed by atoms with van der Waals surface area (Å²) in [5, 5.41) is 3.36. The van der Waals surface area contributed by atoms with E-state index in [-0.39, 0.29) is 18.1 Å². The molecule has 114 valence electrons. The van der Waals surface area contributed by atoms with Crippen molar-refractivity contribution in [1.82, 2.24) is 5.32 Å². The second-order valence-electron chi connectivity index (χ2n) is 5.22. The SMILES string of the molecule is CCS(=O)(=O)CCOc1ccccc1CNCC(C)C. The Morgan fingerprint density at radius 3 is 2.60 bits per heavy atom. The summed E-state index contributed by atoms with van der Waals surface area (Å²) in [4.78, 5) is 0. The summed E-state index contributed by atoms with van der Waals surface area (Å²) in [7, 11) is -2.97. The largest absolute Gasteiger partial charge is 0.492 e. The molecule has 0 aromatic heterocycles. The highest BCUT2D eigenvalue weighted by Crippen LogP contribution is 2.17. The minimum absolute atomic E-state index is 0.0667. The molecule has 0 aliphatic carbocycles. The fourth-order valence-electron chi connectivity index (χ4n) is 1.71. The van der Waals surface area contributed by atoms with E-state index in [2.05, 4.69) is 19.2 Å². The minimum atomic E-state index is -2.97. The van der Waals surface area contributed by atoms with Crippen LogP contribution in [-0.4, -0.2) is 33.1 Å². The van der Waals surface area contributed by atoms with Gasteiger partial charge in [0.05, 0.1) is 5.75 Å². The summed E-state index contributed by atoms with van der Waals surface area (Å²) in [5.74, 6) is 1.58. The van der Waals surface area contributed by atoms with E-state index in [9.17, 15) is 8.42 Å². The van der Waals surface area contributed by atoms with Crippen LogP contribution in [0.5, 0.6) is 5.75 Å². The third-order valence-electron chi connectivity index (χ3n) is 2.93. The number of ether oxygens (including phenoxy) is 1. The average Bonchev–Trinajstić information content (AvgIpc) is 2.40. The number of para-hydroxylation sites is 1. The van der Waals surface area contributed by atoms with Gasteiger partial charge < -0.3 is 10.1 Å². The van der Waals surface area contributed by atoms with Crippen molar-refractivity contribution >= 4 is 9.84 Å². The molecule has 0 atom stereocenters. The first-order valence-electron chi connectivity index (χ1n) is 7.06. The first-order chi connectivity index (χ1) is 9.44. The first kappa shape index (κ1) is 17.0. The second kappa shape index (κ2) is 8.27. The molecule has 0 spiro atoms. The number of hydrogen-bond donors (Lipinski definition) is 1. The van der Waals surface area contributed by atoms with E-state index < -0.39 is 9.84 Å². The monoisotopic (exact) mass is 299 g/mol. The van der Waals surface area contributed by atoms with Gasteiger partial charge in [-0.2, -0.15) is 0 Å². The Kier molecular flexibility index (Phi) is 7.02. The van der Waals surface area contributed by atoms with Crippen LogP contribution in [0.4, 0.5) is 0 Å². The molecule has 0 unspecified atom stereocenters. The Labute approximate surface area is 122 Å². The Hall–Kier alpha value is -1.07. The molecule has 0 heterocycles. The van der Waals surface area contributed by atoms with Crippen molar-refractivity contribution in [3.63, 3.8) is 0 Å². The van der Waals surface area contributed by atoms with Crippen molar-refractivity contribution in [3.05, 3.63) is 29.8 Å². The number of benzene rings is 1. The second-order valence-corrected chi connectivity index (χ2v) is 7.69. The van der Waals surface area contributed by atoms with E-state index in [1.165, 1.54) is 0 Å². The topological polar surface area (TPSA) is 55.4 Å². The van der Waals surface area contributed by atoms with Gasteiger partial charge >= 0.3 is 0 Å². The van der Waals surface area contributed by atoms with Crippen molar-refractivity contribution in [3.8, 4) is 5.75 Å². The maximum absolute atomic E-state index is 11.4. The predicted molar refractivity (Wildman–Crippen MR) is 82.8 cm³/mol. The first-order valence-corrected chi connectivity index (χ1v) is 8.88. The van der Waals surface area contributed by atoms with E-state index in [0.29, 0.717) is 5.92 Å². The lowest BCUT2D eigenvalue weighted by molar-refractivity contribution is 0.336. The summed E-state index contributed by atoms with van der Waals surface area (Å²) >= 11 is 0. The zero-order chi connectivity index (χ0) is 15.0. The molecule has 5 heteroatoms. The van der Waals surface area contributed by atoms with Crippen LogP contribution < -0.4 is 10.1 Å². The Balaban J connectivity index is 2.53. The van der Waals surface area contributed by atoms with Crippen LogP contribution in [0.3, 0.4) is 0 Å². The molecule has 0 aliphatic rings. The van der Waals surface area contributed by atoms with Gasteiger partial charge in [-0.1, -0.05) is 39.0 Å². The van der Waals surface area contributed by atoms with Crippen LogP contribution >= 0.6 is 0 Å². The lowest BCUT2D eigenvalue weighted by Crippen LogP contribution is -2.20. The van der Waals surface area contributed by atoms with Crippen molar-refractivity contribution in [2.45, 2.75) is 27.3 Å². The molecule has 0 amide bonds. The summed E-state index contributed by atoms with van der Waals surface area (Å²) in [6.07, 6.45) is 0. The van der Waals surface area contributed by atoms with E-state index >= 15 is 0 Å². The van der Waals surface area contributed by atoms with Crippen LogP contribution in [0.25, 0.3) is 0 Å². The van der Waals surface area contributed by atoms with Gasteiger partial charge in [-0.3, -0.25) is 0 Å². The van der Waals surface area contributed by atoms with Gasteiger partial charge in [0.15, 0.2) is 9.84 Å². The Morgan fingerprint density at radius 1 is 1.25 bits per heavy atom. The zero-order valence-electron chi connectivity index (χ0n) is 12.6. The van der Waals surface area contributed by atoms with Crippen LogP contribution in [0.15, 0.2) is 24.3 Å². The van der Waals surface area contributed by atoms with Crippen LogP contribution in [0.1, 0.15) is 26.3 Å². The van der Waals surface area contributed by atoms with Crippen molar-refractivity contribution in [1.29, 1.82) is 0 Å². The van der Waals surface area contributed by atoms with E-state index in [4.69, 9.17) is 4.74 Å². The smallest absolute Gasteiger partial charge is 0.153 e. The molecule has 0 bridgehead atoms. The molecule has 20 heavy (non-hydrogen) atoms. The Morgan fingerprint density at radius 2 is 1.95 bits per heavy atom. The molecule has 0 saturated carbocycles.